The molecule has 0 fully saturated rings. The second-order valence-corrected chi connectivity index (χ2v) is 6.66. The van der Waals surface area contributed by atoms with E-state index in [9.17, 15) is 4.79 Å². The van der Waals surface area contributed by atoms with E-state index >= 15 is 0 Å². The Morgan fingerprint density at radius 1 is 0.815 bits per heavy atom. The van der Waals surface area contributed by atoms with Crippen molar-refractivity contribution >= 4 is 6.09 Å². The van der Waals surface area contributed by atoms with Gasteiger partial charge >= 0.3 is 6.09 Å². The molecule has 0 aliphatic carbocycles. The van der Waals surface area contributed by atoms with Crippen LogP contribution in [0.25, 0.3) is 0 Å². The quantitative estimate of drug-likeness (QED) is 0.605. The molecular formula is C24H25NO2. The van der Waals surface area contributed by atoms with Gasteiger partial charge in [-0.15, -0.1) is 0 Å². The van der Waals surface area contributed by atoms with Gasteiger partial charge in [0.2, 0.25) is 0 Å². The molecule has 0 saturated heterocycles. The smallest absolute Gasteiger partial charge is 0.407 e. The van der Waals surface area contributed by atoms with Crippen LogP contribution in [-0.4, -0.2) is 12.6 Å². The van der Waals surface area contributed by atoms with Gasteiger partial charge in [0.25, 0.3) is 0 Å². The van der Waals surface area contributed by atoms with Gasteiger partial charge < -0.3 is 10.1 Å². The number of carbonyl (C=O) groups is 1. The molecular weight excluding hydrogens is 334 g/mol. The third-order valence-electron chi connectivity index (χ3n) is 4.84. The Kier molecular flexibility index (Phi) is 6.64. The zero-order valence-electron chi connectivity index (χ0n) is 15.5. The number of rotatable bonds is 7. The van der Waals surface area contributed by atoms with Gasteiger partial charge in [-0.05, 0) is 22.6 Å². The van der Waals surface area contributed by atoms with Gasteiger partial charge in [-0.2, -0.15) is 0 Å². The molecule has 3 heteroatoms. The Labute approximate surface area is 161 Å². The lowest BCUT2D eigenvalue weighted by molar-refractivity contribution is 0.138. The number of amides is 1. The third-order valence-corrected chi connectivity index (χ3v) is 4.84. The maximum absolute atomic E-state index is 12.2. The molecule has 3 nitrogen and oxygen atoms in total. The summed E-state index contributed by atoms with van der Waals surface area (Å²) in [5.74, 6) is 0.431. The van der Waals surface area contributed by atoms with Gasteiger partial charge in [-0.3, -0.25) is 0 Å². The summed E-state index contributed by atoms with van der Waals surface area (Å²) < 4.78 is 5.35. The van der Waals surface area contributed by atoms with E-state index in [1.807, 2.05) is 54.6 Å². The highest BCUT2D eigenvalue weighted by Gasteiger charge is 2.21. The van der Waals surface area contributed by atoms with Crippen molar-refractivity contribution in [2.45, 2.75) is 25.4 Å². The summed E-state index contributed by atoms with van der Waals surface area (Å²) in [5, 5.41) is 2.94. The first-order chi connectivity index (χ1) is 13.2. The van der Waals surface area contributed by atoms with E-state index in [4.69, 9.17) is 4.74 Å². The van der Waals surface area contributed by atoms with Crippen LogP contribution in [0.3, 0.4) is 0 Å². The molecule has 2 atom stereocenters. The molecule has 0 unspecified atom stereocenters. The van der Waals surface area contributed by atoms with Crippen molar-refractivity contribution in [2.75, 3.05) is 6.54 Å². The Bertz CT molecular complexity index is 819. The summed E-state index contributed by atoms with van der Waals surface area (Å²) in [6.45, 7) is 2.99. The molecule has 3 aromatic carbocycles. The van der Waals surface area contributed by atoms with E-state index < -0.39 is 0 Å². The number of benzene rings is 3. The summed E-state index contributed by atoms with van der Waals surface area (Å²) in [5.41, 5.74) is 3.44. The summed E-state index contributed by atoms with van der Waals surface area (Å²) in [4.78, 5) is 12.2. The Morgan fingerprint density at radius 3 is 1.93 bits per heavy atom. The first-order valence-electron chi connectivity index (χ1n) is 9.28. The van der Waals surface area contributed by atoms with Crippen molar-refractivity contribution < 1.29 is 9.53 Å². The van der Waals surface area contributed by atoms with Gasteiger partial charge in [-0.25, -0.2) is 4.79 Å². The van der Waals surface area contributed by atoms with Gasteiger partial charge in [-0.1, -0.05) is 97.9 Å². The first-order valence-corrected chi connectivity index (χ1v) is 9.28. The molecule has 27 heavy (non-hydrogen) atoms. The molecule has 1 N–H and O–H groups in total. The summed E-state index contributed by atoms with van der Waals surface area (Å²) in [6.07, 6.45) is -0.389. The Balaban J connectivity index is 1.64. The van der Waals surface area contributed by atoms with Crippen molar-refractivity contribution in [2.24, 2.45) is 0 Å². The third kappa shape index (κ3) is 5.45. The number of nitrogens with one attached hydrogen (secondary N) is 1. The van der Waals surface area contributed by atoms with E-state index in [2.05, 4.69) is 48.6 Å². The second-order valence-electron chi connectivity index (χ2n) is 6.66. The maximum Gasteiger partial charge on any atom is 0.407 e. The fourth-order valence-corrected chi connectivity index (χ4v) is 3.24. The molecule has 3 aromatic rings. The van der Waals surface area contributed by atoms with E-state index in [0.717, 1.165) is 5.56 Å². The molecule has 1 amide bonds. The zero-order valence-corrected chi connectivity index (χ0v) is 15.5. The zero-order chi connectivity index (χ0) is 18.9. The van der Waals surface area contributed by atoms with Crippen LogP contribution in [0.15, 0.2) is 91.0 Å². The highest BCUT2D eigenvalue weighted by molar-refractivity contribution is 5.67. The van der Waals surface area contributed by atoms with Crippen LogP contribution in [0, 0.1) is 0 Å². The van der Waals surface area contributed by atoms with E-state index in [1.54, 1.807) is 0 Å². The minimum absolute atomic E-state index is 0.165. The summed E-state index contributed by atoms with van der Waals surface area (Å²) in [7, 11) is 0. The summed E-state index contributed by atoms with van der Waals surface area (Å²) >= 11 is 0. The largest absolute Gasteiger partial charge is 0.445 e. The highest BCUT2D eigenvalue weighted by Crippen LogP contribution is 2.32. The van der Waals surface area contributed by atoms with Crippen molar-refractivity contribution in [1.29, 1.82) is 0 Å². The molecule has 3 rings (SSSR count). The predicted octanol–water partition coefficient (Wildman–Crippen LogP) is 5.50. The number of ether oxygens (including phenoxy) is 1. The highest BCUT2D eigenvalue weighted by atomic mass is 16.5. The average molecular weight is 359 g/mol. The van der Waals surface area contributed by atoms with Crippen LogP contribution in [0.5, 0.6) is 0 Å². The standard InChI is InChI=1S/C24H25NO2/c1-19(21-13-7-3-8-14-21)23(22-15-9-4-10-16-22)17-25-24(26)27-18-20-11-5-2-6-12-20/h2-16,19,23H,17-18H2,1H3,(H,25,26)/t19-,23-/m0/s1. The lowest BCUT2D eigenvalue weighted by Gasteiger charge is -2.25. The number of hydrogen-bond acceptors (Lipinski definition) is 2. The van der Waals surface area contributed by atoms with Gasteiger partial charge in [0.15, 0.2) is 0 Å². The molecule has 0 aromatic heterocycles. The maximum atomic E-state index is 12.2. The molecule has 0 aliphatic heterocycles. The van der Waals surface area contributed by atoms with Crippen molar-refractivity contribution in [1.82, 2.24) is 5.32 Å². The Morgan fingerprint density at radius 2 is 1.33 bits per heavy atom. The van der Waals surface area contributed by atoms with Crippen LogP contribution in [0.2, 0.25) is 0 Å². The molecule has 138 valence electrons. The van der Waals surface area contributed by atoms with Gasteiger partial charge in [0, 0.05) is 12.5 Å². The molecule has 0 spiro atoms. The first kappa shape index (κ1) is 18.7. The van der Waals surface area contributed by atoms with Gasteiger partial charge in [0.05, 0.1) is 0 Å². The lowest BCUT2D eigenvalue weighted by Crippen LogP contribution is -2.30. The number of hydrogen-bond donors (Lipinski definition) is 1. The monoisotopic (exact) mass is 359 g/mol. The molecule has 0 bridgehead atoms. The molecule has 0 saturated carbocycles. The fraction of sp³-hybridized carbons (Fsp3) is 0.208. The normalized spacial score (nSPS) is 12.8. The topological polar surface area (TPSA) is 38.3 Å². The average Bonchev–Trinajstić information content (AvgIpc) is 2.74. The van der Waals surface area contributed by atoms with Crippen LogP contribution >= 0.6 is 0 Å². The minimum atomic E-state index is -0.389. The second kappa shape index (κ2) is 9.58. The van der Waals surface area contributed by atoms with Crippen LogP contribution in [-0.2, 0) is 11.3 Å². The Hall–Kier alpha value is -3.07. The molecule has 0 aliphatic rings. The van der Waals surface area contributed by atoms with Crippen LogP contribution < -0.4 is 5.32 Å². The van der Waals surface area contributed by atoms with Crippen molar-refractivity contribution in [3.8, 4) is 0 Å². The minimum Gasteiger partial charge on any atom is -0.445 e. The SMILES string of the molecule is C[C@@H](c1ccccc1)[C@H](CNC(=O)OCc1ccccc1)c1ccccc1. The number of alkyl carbamates (subject to hydrolysis) is 1. The number of carbonyl (C=O) groups excluding carboxylic acids is 1. The molecule has 0 heterocycles. The van der Waals surface area contributed by atoms with E-state index in [1.165, 1.54) is 11.1 Å². The van der Waals surface area contributed by atoms with Crippen molar-refractivity contribution in [3.63, 3.8) is 0 Å². The van der Waals surface area contributed by atoms with E-state index in [-0.39, 0.29) is 24.5 Å². The van der Waals surface area contributed by atoms with Crippen LogP contribution in [0.1, 0.15) is 35.4 Å². The van der Waals surface area contributed by atoms with Gasteiger partial charge in [0.1, 0.15) is 6.61 Å². The van der Waals surface area contributed by atoms with Crippen molar-refractivity contribution in [3.05, 3.63) is 108 Å². The predicted molar refractivity (Wildman–Crippen MR) is 109 cm³/mol. The van der Waals surface area contributed by atoms with Crippen LogP contribution in [0.4, 0.5) is 4.79 Å². The lowest BCUT2D eigenvalue weighted by atomic mass is 9.82. The van der Waals surface area contributed by atoms with E-state index in [0.29, 0.717) is 6.54 Å². The fourth-order valence-electron chi connectivity index (χ4n) is 3.24. The summed E-state index contributed by atoms with van der Waals surface area (Å²) in [6, 6.07) is 30.4. The molecule has 0 radical (unpaired) electrons.